The number of nitrogens with one attached hydrogen (secondary N) is 2. The number of hydrogen-bond acceptors (Lipinski definition) is 3. The molecular formula is C14H19FN2O2. The number of carbonyl (C=O) groups is 1. The van der Waals surface area contributed by atoms with Crippen LogP contribution in [0.1, 0.15) is 5.56 Å². The van der Waals surface area contributed by atoms with Gasteiger partial charge in [-0.3, -0.25) is 4.79 Å². The highest BCUT2D eigenvalue weighted by atomic mass is 19.1. The summed E-state index contributed by atoms with van der Waals surface area (Å²) in [4.78, 5) is 12.0. The Kier molecular flexibility index (Phi) is 4.87. The van der Waals surface area contributed by atoms with Gasteiger partial charge in [0.1, 0.15) is 5.82 Å². The average Bonchev–Trinajstić information content (AvgIpc) is 2.89. The first-order chi connectivity index (χ1) is 9.20. The summed E-state index contributed by atoms with van der Waals surface area (Å²) in [6, 6.07) is 6.41. The summed E-state index contributed by atoms with van der Waals surface area (Å²) in [6.45, 7) is 1.60. The van der Waals surface area contributed by atoms with Gasteiger partial charge in [0, 0.05) is 12.6 Å². The van der Waals surface area contributed by atoms with Crippen molar-refractivity contribution in [2.75, 3.05) is 26.8 Å². The van der Waals surface area contributed by atoms with Crippen LogP contribution in [0.4, 0.5) is 4.39 Å². The molecule has 4 nitrogen and oxygen atoms in total. The molecule has 2 unspecified atom stereocenters. The zero-order valence-electron chi connectivity index (χ0n) is 11.0. The van der Waals surface area contributed by atoms with Crippen molar-refractivity contribution < 1.29 is 13.9 Å². The maximum atomic E-state index is 12.7. The second-order valence-electron chi connectivity index (χ2n) is 4.71. The van der Waals surface area contributed by atoms with Gasteiger partial charge in [0.15, 0.2) is 0 Å². The fraction of sp³-hybridized carbons (Fsp3) is 0.500. The lowest BCUT2D eigenvalue weighted by Gasteiger charge is -2.16. The molecule has 5 heteroatoms. The molecule has 1 fully saturated rings. The van der Waals surface area contributed by atoms with Crippen LogP contribution in [-0.4, -0.2) is 38.8 Å². The fourth-order valence-electron chi connectivity index (χ4n) is 2.21. The fourth-order valence-corrected chi connectivity index (χ4v) is 2.21. The van der Waals surface area contributed by atoms with E-state index >= 15 is 0 Å². The Morgan fingerprint density at radius 2 is 2.11 bits per heavy atom. The molecule has 0 spiro atoms. The van der Waals surface area contributed by atoms with Gasteiger partial charge in [0.2, 0.25) is 5.91 Å². The normalized spacial score (nSPS) is 22.4. The van der Waals surface area contributed by atoms with E-state index in [4.69, 9.17) is 4.74 Å². The van der Waals surface area contributed by atoms with Gasteiger partial charge in [-0.05, 0) is 31.2 Å². The third kappa shape index (κ3) is 3.75. The van der Waals surface area contributed by atoms with Crippen LogP contribution in [0.5, 0.6) is 0 Å². The number of halogens is 1. The predicted octanol–water partition coefficient (Wildman–Crippen LogP) is 0.719. The molecule has 0 radical (unpaired) electrons. The van der Waals surface area contributed by atoms with E-state index in [0.717, 1.165) is 5.56 Å². The molecule has 2 N–H and O–H groups in total. The van der Waals surface area contributed by atoms with Gasteiger partial charge >= 0.3 is 0 Å². The second kappa shape index (κ2) is 6.63. The molecule has 1 amide bonds. The van der Waals surface area contributed by atoms with Gasteiger partial charge in [-0.15, -0.1) is 0 Å². The topological polar surface area (TPSA) is 50.4 Å². The molecule has 0 bridgehead atoms. The molecule has 2 atom stereocenters. The zero-order chi connectivity index (χ0) is 13.7. The van der Waals surface area contributed by atoms with E-state index in [9.17, 15) is 9.18 Å². The summed E-state index contributed by atoms with van der Waals surface area (Å²) in [5.41, 5.74) is 1.01. The van der Waals surface area contributed by atoms with Crippen molar-refractivity contribution in [3.8, 4) is 0 Å². The summed E-state index contributed by atoms with van der Waals surface area (Å²) >= 11 is 0. The molecule has 19 heavy (non-hydrogen) atoms. The van der Waals surface area contributed by atoms with Crippen molar-refractivity contribution in [2.45, 2.75) is 12.5 Å². The van der Waals surface area contributed by atoms with Gasteiger partial charge in [-0.1, -0.05) is 12.1 Å². The van der Waals surface area contributed by atoms with Gasteiger partial charge in [0.25, 0.3) is 0 Å². The summed E-state index contributed by atoms with van der Waals surface area (Å²) < 4.78 is 18.0. The molecule has 1 aliphatic heterocycles. The summed E-state index contributed by atoms with van der Waals surface area (Å²) in [7, 11) is 1.83. The van der Waals surface area contributed by atoms with Crippen molar-refractivity contribution in [1.29, 1.82) is 0 Å². The number of benzene rings is 1. The highest BCUT2D eigenvalue weighted by molar-refractivity contribution is 5.79. The first-order valence-corrected chi connectivity index (χ1v) is 6.48. The van der Waals surface area contributed by atoms with E-state index < -0.39 is 0 Å². The molecule has 1 aromatic rings. The minimum atomic E-state index is -0.243. The molecule has 0 aromatic heterocycles. The smallest absolute Gasteiger partial charge is 0.227 e. The van der Waals surface area contributed by atoms with Crippen LogP contribution in [0, 0.1) is 11.7 Å². The Morgan fingerprint density at radius 3 is 2.79 bits per heavy atom. The Hall–Kier alpha value is -1.46. The van der Waals surface area contributed by atoms with Crippen molar-refractivity contribution in [3.63, 3.8) is 0 Å². The Bertz CT molecular complexity index is 422. The van der Waals surface area contributed by atoms with Crippen LogP contribution in [0.3, 0.4) is 0 Å². The predicted molar refractivity (Wildman–Crippen MR) is 70.3 cm³/mol. The van der Waals surface area contributed by atoms with Crippen LogP contribution in [0.15, 0.2) is 24.3 Å². The minimum Gasteiger partial charge on any atom is -0.379 e. The van der Waals surface area contributed by atoms with Crippen LogP contribution >= 0.6 is 0 Å². The maximum Gasteiger partial charge on any atom is 0.227 e. The van der Waals surface area contributed by atoms with Gasteiger partial charge in [-0.25, -0.2) is 4.39 Å². The highest BCUT2D eigenvalue weighted by Gasteiger charge is 2.32. The van der Waals surface area contributed by atoms with E-state index in [1.54, 1.807) is 12.1 Å². The molecule has 1 heterocycles. The molecule has 1 aromatic carbocycles. The SMILES string of the molecule is CNC1COCC1C(=O)NCCc1ccc(F)cc1. The first kappa shape index (κ1) is 14.0. The van der Waals surface area contributed by atoms with Crippen LogP contribution < -0.4 is 10.6 Å². The van der Waals surface area contributed by atoms with Gasteiger partial charge in [-0.2, -0.15) is 0 Å². The molecular weight excluding hydrogens is 247 g/mol. The standard InChI is InChI=1S/C14H19FN2O2/c1-16-13-9-19-8-12(13)14(18)17-7-6-10-2-4-11(15)5-3-10/h2-5,12-13,16H,6-9H2,1H3,(H,17,18). The number of amides is 1. The van der Waals surface area contributed by atoms with Gasteiger partial charge < -0.3 is 15.4 Å². The number of rotatable bonds is 5. The van der Waals surface area contributed by atoms with Crippen LogP contribution in [0.2, 0.25) is 0 Å². The number of carbonyl (C=O) groups excluding carboxylic acids is 1. The molecule has 2 rings (SSSR count). The lowest BCUT2D eigenvalue weighted by molar-refractivity contribution is -0.125. The summed E-state index contributed by atoms with van der Waals surface area (Å²) in [5, 5.41) is 5.98. The van der Waals surface area contributed by atoms with E-state index in [-0.39, 0.29) is 23.7 Å². The monoisotopic (exact) mass is 266 g/mol. The zero-order valence-corrected chi connectivity index (χ0v) is 11.0. The Labute approximate surface area is 112 Å². The molecule has 104 valence electrons. The first-order valence-electron chi connectivity index (χ1n) is 6.48. The number of likely N-dealkylation sites (N-methyl/N-ethyl adjacent to an activating group) is 1. The van der Waals surface area contributed by atoms with Crippen molar-refractivity contribution in [1.82, 2.24) is 10.6 Å². The van der Waals surface area contributed by atoms with E-state index in [1.807, 2.05) is 7.05 Å². The lowest BCUT2D eigenvalue weighted by atomic mass is 10.0. The van der Waals surface area contributed by atoms with E-state index in [1.165, 1.54) is 12.1 Å². The molecule has 0 aliphatic carbocycles. The van der Waals surface area contributed by atoms with Crippen molar-refractivity contribution in [2.24, 2.45) is 5.92 Å². The Morgan fingerprint density at radius 1 is 1.37 bits per heavy atom. The highest BCUT2D eigenvalue weighted by Crippen LogP contribution is 2.13. The summed E-state index contributed by atoms with van der Waals surface area (Å²) in [6.07, 6.45) is 0.698. The third-order valence-electron chi connectivity index (χ3n) is 3.41. The minimum absolute atomic E-state index is 0.0129. The van der Waals surface area contributed by atoms with Gasteiger partial charge in [0.05, 0.1) is 19.1 Å². The molecule has 0 saturated carbocycles. The van der Waals surface area contributed by atoms with Crippen molar-refractivity contribution in [3.05, 3.63) is 35.6 Å². The second-order valence-corrected chi connectivity index (χ2v) is 4.71. The maximum absolute atomic E-state index is 12.7. The average molecular weight is 266 g/mol. The quantitative estimate of drug-likeness (QED) is 0.825. The number of ether oxygens (including phenoxy) is 1. The number of hydrogen-bond donors (Lipinski definition) is 2. The third-order valence-corrected chi connectivity index (χ3v) is 3.41. The van der Waals surface area contributed by atoms with Crippen LogP contribution in [-0.2, 0) is 16.0 Å². The Balaban J connectivity index is 1.76. The van der Waals surface area contributed by atoms with Crippen LogP contribution in [0.25, 0.3) is 0 Å². The lowest BCUT2D eigenvalue weighted by Crippen LogP contribution is -2.43. The molecule has 1 saturated heterocycles. The van der Waals surface area contributed by atoms with E-state index in [0.29, 0.717) is 26.2 Å². The van der Waals surface area contributed by atoms with E-state index in [2.05, 4.69) is 10.6 Å². The van der Waals surface area contributed by atoms with Crippen molar-refractivity contribution >= 4 is 5.91 Å². The molecule has 1 aliphatic rings. The summed E-state index contributed by atoms with van der Waals surface area (Å²) in [5.74, 6) is -0.357. The largest absolute Gasteiger partial charge is 0.379 e.